The van der Waals surface area contributed by atoms with Crippen molar-refractivity contribution in [2.45, 2.75) is 25.3 Å². The van der Waals surface area contributed by atoms with Crippen molar-refractivity contribution in [1.82, 2.24) is 14.9 Å². The highest BCUT2D eigenvalue weighted by atomic mass is 32.2. The Balaban J connectivity index is 2.06. The second-order valence-electron chi connectivity index (χ2n) is 4.70. The van der Waals surface area contributed by atoms with Crippen molar-refractivity contribution in [3.05, 3.63) is 47.8 Å². The molecule has 0 aliphatic rings. The molecule has 0 saturated carbocycles. The van der Waals surface area contributed by atoms with Crippen LogP contribution in [0.1, 0.15) is 18.3 Å². The van der Waals surface area contributed by atoms with E-state index in [4.69, 9.17) is 0 Å². The highest BCUT2D eigenvalue weighted by Crippen LogP contribution is 2.14. The van der Waals surface area contributed by atoms with Gasteiger partial charge in [-0.2, -0.15) is 10.2 Å². The first-order valence-corrected chi connectivity index (χ1v) is 8.02. The lowest BCUT2D eigenvalue weighted by Gasteiger charge is -2.07. The van der Waals surface area contributed by atoms with Crippen LogP contribution < -0.4 is 10.0 Å². The Bertz CT molecular complexity index is 756. The van der Waals surface area contributed by atoms with E-state index >= 15 is 0 Å². The minimum absolute atomic E-state index is 0.0586. The zero-order chi connectivity index (χ0) is 16.2. The third kappa shape index (κ3) is 4.34. The van der Waals surface area contributed by atoms with Gasteiger partial charge in [0.15, 0.2) is 0 Å². The predicted molar refractivity (Wildman–Crippen MR) is 81.5 cm³/mol. The first-order valence-electron chi connectivity index (χ1n) is 6.53. The summed E-state index contributed by atoms with van der Waals surface area (Å²) in [7, 11) is -3.64. The Morgan fingerprint density at radius 3 is 2.32 bits per heavy atom. The summed E-state index contributed by atoms with van der Waals surface area (Å²) in [5, 5.41) is 10.3. The van der Waals surface area contributed by atoms with E-state index in [-0.39, 0.29) is 17.3 Å². The Morgan fingerprint density at radius 2 is 1.77 bits per heavy atom. The number of hydrogen-bond donors (Lipinski definition) is 2. The van der Waals surface area contributed by atoms with Gasteiger partial charge < -0.3 is 5.32 Å². The van der Waals surface area contributed by atoms with Gasteiger partial charge in [0.25, 0.3) is 0 Å². The van der Waals surface area contributed by atoms with Crippen LogP contribution in [-0.2, 0) is 21.4 Å². The van der Waals surface area contributed by atoms with Crippen LogP contribution in [0.25, 0.3) is 0 Å². The van der Waals surface area contributed by atoms with Crippen LogP contribution in [0.4, 0.5) is 5.69 Å². The van der Waals surface area contributed by atoms with Crippen molar-refractivity contribution in [3.63, 3.8) is 0 Å². The molecule has 1 aromatic carbocycles. The molecule has 0 unspecified atom stereocenters. The Kier molecular flexibility index (Phi) is 4.84. The largest absolute Gasteiger partial charge is 0.326 e. The summed E-state index contributed by atoms with van der Waals surface area (Å²) in [4.78, 5) is 11.0. The standard InChI is InChI=1S/C14H16N4O3S/c1-10-3-4-13(18-17-10)9-15-22(20,21)14-7-5-12(6-8-14)16-11(2)19/h3-8,15H,9H2,1-2H3,(H,16,19). The maximum absolute atomic E-state index is 12.2. The molecule has 0 aliphatic carbocycles. The van der Waals surface area contributed by atoms with E-state index in [9.17, 15) is 13.2 Å². The van der Waals surface area contributed by atoms with E-state index in [1.807, 2.05) is 0 Å². The Labute approximate surface area is 128 Å². The van der Waals surface area contributed by atoms with Gasteiger partial charge in [-0.3, -0.25) is 4.79 Å². The molecule has 0 atom stereocenters. The monoisotopic (exact) mass is 320 g/mol. The summed E-state index contributed by atoms with van der Waals surface area (Å²) in [6, 6.07) is 9.38. The van der Waals surface area contributed by atoms with Gasteiger partial charge in [0, 0.05) is 12.6 Å². The molecular weight excluding hydrogens is 304 g/mol. The van der Waals surface area contributed by atoms with Gasteiger partial charge in [0.1, 0.15) is 0 Å². The number of benzene rings is 1. The second-order valence-corrected chi connectivity index (χ2v) is 6.46. The van der Waals surface area contributed by atoms with Crippen molar-refractivity contribution < 1.29 is 13.2 Å². The average Bonchev–Trinajstić information content (AvgIpc) is 2.47. The zero-order valence-corrected chi connectivity index (χ0v) is 13.0. The van der Waals surface area contributed by atoms with Crippen molar-refractivity contribution in [2.24, 2.45) is 0 Å². The van der Waals surface area contributed by atoms with Crippen LogP contribution in [0, 0.1) is 6.92 Å². The van der Waals surface area contributed by atoms with Gasteiger partial charge in [-0.15, -0.1) is 0 Å². The van der Waals surface area contributed by atoms with Crippen LogP contribution in [0.2, 0.25) is 0 Å². The van der Waals surface area contributed by atoms with Crippen molar-refractivity contribution in [3.8, 4) is 0 Å². The number of amides is 1. The number of carbonyl (C=O) groups is 1. The lowest BCUT2D eigenvalue weighted by Crippen LogP contribution is -2.24. The summed E-state index contributed by atoms with van der Waals surface area (Å²) in [6.45, 7) is 3.25. The van der Waals surface area contributed by atoms with E-state index in [0.717, 1.165) is 5.69 Å². The molecule has 0 aliphatic heterocycles. The molecular formula is C14H16N4O3S. The van der Waals surface area contributed by atoms with Crippen molar-refractivity contribution in [2.75, 3.05) is 5.32 Å². The fourth-order valence-corrected chi connectivity index (χ4v) is 2.69. The van der Waals surface area contributed by atoms with Gasteiger partial charge in [-0.25, -0.2) is 13.1 Å². The lowest BCUT2D eigenvalue weighted by molar-refractivity contribution is -0.114. The molecule has 116 valence electrons. The summed E-state index contributed by atoms with van der Waals surface area (Å²) in [5.41, 5.74) is 1.83. The third-order valence-corrected chi connectivity index (χ3v) is 4.20. The number of aromatic nitrogens is 2. The van der Waals surface area contributed by atoms with Crippen LogP contribution in [0.3, 0.4) is 0 Å². The maximum Gasteiger partial charge on any atom is 0.240 e. The molecule has 2 N–H and O–H groups in total. The predicted octanol–water partition coefficient (Wildman–Crippen LogP) is 1.22. The van der Waals surface area contributed by atoms with Gasteiger partial charge in [0.05, 0.1) is 22.8 Å². The lowest BCUT2D eigenvalue weighted by atomic mass is 10.3. The van der Waals surface area contributed by atoms with Gasteiger partial charge >= 0.3 is 0 Å². The molecule has 1 aromatic heterocycles. The molecule has 22 heavy (non-hydrogen) atoms. The molecule has 0 spiro atoms. The minimum Gasteiger partial charge on any atom is -0.326 e. The fraction of sp³-hybridized carbons (Fsp3) is 0.214. The van der Waals surface area contributed by atoms with Gasteiger partial charge in [-0.1, -0.05) is 0 Å². The fourth-order valence-electron chi connectivity index (χ4n) is 1.69. The number of anilines is 1. The summed E-state index contributed by atoms with van der Waals surface area (Å²) in [6.07, 6.45) is 0. The number of carbonyl (C=O) groups excluding carboxylic acids is 1. The molecule has 7 nitrogen and oxygen atoms in total. The number of nitrogens with zero attached hydrogens (tertiary/aromatic N) is 2. The zero-order valence-electron chi connectivity index (χ0n) is 12.2. The van der Waals surface area contributed by atoms with Gasteiger partial charge in [-0.05, 0) is 43.3 Å². The molecule has 0 fully saturated rings. The summed E-state index contributed by atoms with van der Waals surface area (Å²) < 4.78 is 26.8. The Hall–Kier alpha value is -2.32. The van der Waals surface area contributed by atoms with Crippen molar-refractivity contribution in [1.29, 1.82) is 0 Å². The molecule has 2 aromatic rings. The van der Waals surface area contributed by atoms with E-state index in [1.54, 1.807) is 19.1 Å². The van der Waals surface area contributed by atoms with Crippen LogP contribution in [-0.4, -0.2) is 24.5 Å². The molecule has 1 amide bonds. The number of aryl methyl sites for hydroxylation is 1. The highest BCUT2D eigenvalue weighted by molar-refractivity contribution is 7.89. The second kappa shape index (κ2) is 6.63. The number of sulfonamides is 1. The molecule has 1 heterocycles. The normalized spacial score (nSPS) is 11.2. The van der Waals surface area contributed by atoms with Crippen LogP contribution >= 0.6 is 0 Å². The van der Waals surface area contributed by atoms with Crippen LogP contribution in [0.15, 0.2) is 41.3 Å². The minimum atomic E-state index is -3.64. The topological polar surface area (TPSA) is 101 Å². The molecule has 8 heteroatoms. The SMILES string of the molecule is CC(=O)Nc1ccc(S(=O)(=O)NCc2ccc(C)nn2)cc1. The third-order valence-electron chi connectivity index (χ3n) is 2.78. The number of hydrogen-bond acceptors (Lipinski definition) is 5. The maximum atomic E-state index is 12.2. The van der Waals surface area contributed by atoms with E-state index in [1.165, 1.54) is 31.2 Å². The van der Waals surface area contributed by atoms with Crippen LogP contribution in [0.5, 0.6) is 0 Å². The van der Waals surface area contributed by atoms with Gasteiger partial charge in [0.2, 0.25) is 15.9 Å². The van der Waals surface area contributed by atoms with Crippen molar-refractivity contribution >= 4 is 21.6 Å². The highest BCUT2D eigenvalue weighted by Gasteiger charge is 2.14. The molecule has 0 saturated heterocycles. The quantitative estimate of drug-likeness (QED) is 0.862. The first-order chi connectivity index (χ1) is 10.4. The smallest absolute Gasteiger partial charge is 0.240 e. The molecule has 0 radical (unpaired) electrons. The van der Waals surface area contributed by atoms with E-state index in [0.29, 0.717) is 11.4 Å². The summed E-state index contributed by atoms with van der Waals surface area (Å²) in [5.74, 6) is -0.216. The summed E-state index contributed by atoms with van der Waals surface area (Å²) >= 11 is 0. The van der Waals surface area contributed by atoms with E-state index < -0.39 is 10.0 Å². The molecule has 2 rings (SSSR count). The average molecular weight is 320 g/mol. The van der Waals surface area contributed by atoms with E-state index in [2.05, 4.69) is 20.2 Å². The number of nitrogens with one attached hydrogen (secondary N) is 2. The Morgan fingerprint density at radius 1 is 1.09 bits per heavy atom. The first kappa shape index (κ1) is 16.1. The number of rotatable bonds is 5. The molecule has 0 bridgehead atoms.